The van der Waals surface area contributed by atoms with Crippen molar-refractivity contribution >= 4 is 5.97 Å². The summed E-state index contributed by atoms with van der Waals surface area (Å²) in [5.74, 6) is -0.0273. The fraction of sp³-hybridized carbons (Fsp3) is 0.381. The molecule has 1 N–H and O–H groups in total. The maximum absolute atomic E-state index is 11.8. The molecule has 0 saturated heterocycles. The lowest BCUT2D eigenvalue weighted by Gasteiger charge is -2.13. The molecule has 26 heavy (non-hydrogen) atoms. The van der Waals surface area contributed by atoms with Crippen molar-refractivity contribution in [3.05, 3.63) is 65.2 Å². The van der Waals surface area contributed by atoms with Crippen LogP contribution in [0.3, 0.4) is 0 Å². The summed E-state index contributed by atoms with van der Waals surface area (Å²) in [5.41, 5.74) is 2.57. The van der Waals surface area contributed by atoms with Crippen LogP contribution >= 0.6 is 0 Å². The molecule has 0 heterocycles. The summed E-state index contributed by atoms with van der Waals surface area (Å²) < 4.78 is 15.2. The molecular weight excluding hydrogens is 332 g/mol. The Morgan fingerprint density at radius 1 is 1.00 bits per heavy atom. The van der Waals surface area contributed by atoms with E-state index in [1.54, 1.807) is 12.1 Å². The standard InChI is InChI=1S/C21H26O5/c1-24-15-26-20-14-17(10-13-19(20)21(23)25-2)9-12-18(22)11-8-16-6-4-3-5-7-16/h3-7,10,13-14,18,22H,8-9,11-12,15H2,1-2H3. The van der Waals surface area contributed by atoms with E-state index in [2.05, 4.69) is 12.1 Å². The first-order valence-electron chi connectivity index (χ1n) is 8.69. The van der Waals surface area contributed by atoms with E-state index in [4.69, 9.17) is 14.2 Å². The van der Waals surface area contributed by atoms with Crippen molar-refractivity contribution in [3.63, 3.8) is 0 Å². The number of ether oxygens (including phenoxy) is 3. The quantitative estimate of drug-likeness (QED) is 0.521. The van der Waals surface area contributed by atoms with E-state index in [9.17, 15) is 9.90 Å². The number of benzene rings is 2. The topological polar surface area (TPSA) is 65.0 Å². The molecule has 2 aromatic carbocycles. The average molecular weight is 358 g/mol. The number of aryl methyl sites for hydroxylation is 2. The minimum absolute atomic E-state index is 0.0488. The first-order valence-corrected chi connectivity index (χ1v) is 8.69. The molecule has 2 aromatic rings. The van der Waals surface area contributed by atoms with Crippen LogP contribution in [0.5, 0.6) is 5.75 Å². The van der Waals surface area contributed by atoms with Crippen LogP contribution in [0, 0.1) is 0 Å². The SMILES string of the molecule is COCOc1cc(CCC(O)CCc2ccccc2)ccc1C(=O)OC. The number of hydrogen-bond donors (Lipinski definition) is 1. The lowest BCUT2D eigenvalue weighted by molar-refractivity contribution is 0.0464. The van der Waals surface area contributed by atoms with Gasteiger partial charge in [0, 0.05) is 7.11 Å². The van der Waals surface area contributed by atoms with Gasteiger partial charge in [-0.05, 0) is 48.9 Å². The Bertz CT molecular complexity index is 684. The molecule has 5 nitrogen and oxygen atoms in total. The number of hydrogen-bond acceptors (Lipinski definition) is 5. The smallest absolute Gasteiger partial charge is 0.341 e. The van der Waals surface area contributed by atoms with Gasteiger partial charge in [0.05, 0.1) is 13.2 Å². The Balaban J connectivity index is 1.92. The molecule has 0 fully saturated rings. The minimum atomic E-state index is -0.453. The summed E-state index contributed by atoms with van der Waals surface area (Å²) in [5, 5.41) is 10.2. The van der Waals surface area contributed by atoms with Gasteiger partial charge in [-0.15, -0.1) is 0 Å². The number of carbonyl (C=O) groups excluding carboxylic acids is 1. The summed E-state index contributed by atoms with van der Waals surface area (Å²) in [4.78, 5) is 11.8. The molecule has 5 heteroatoms. The van der Waals surface area contributed by atoms with Crippen molar-refractivity contribution in [1.82, 2.24) is 0 Å². The van der Waals surface area contributed by atoms with Crippen molar-refractivity contribution in [2.45, 2.75) is 31.8 Å². The third-order valence-electron chi connectivity index (χ3n) is 4.16. The largest absolute Gasteiger partial charge is 0.467 e. The second kappa shape index (κ2) is 10.6. The zero-order chi connectivity index (χ0) is 18.8. The summed E-state index contributed by atoms with van der Waals surface area (Å²) in [6.07, 6.45) is 2.54. The molecule has 140 valence electrons. The van der Waals surface area contributed by atoms with Crippen molar-refractivity contribution < 1.29 is 24.1 Å². The van der Waals surface area contributed by atoms with Crippen LogP contribution in [0.15, 0.2) is 48.5 Å². The molecule has 0 radical (unpaired) electrons. The Hall–Kier alpha value is -2.37. The van der Waals surface area contributed by atoms with Crippen LogP contribution in [-0.4, -0.2) is 38.2 Å². The zero-order valence-corrected chi connectivity index (χ0v) is 15.3. The molecule has 0 amide bonds. The number of carbonyl (C=O) groups is 1. The van der Waals surface area contributed by atoms with Gasteiger partial charge in [0.1, 0.15) is 11.3 Å². The fourth-order valence-corrected chi connectivity index (χ4v) is 2.70. The molecule has 1 atom stereocenters. The molecular formula is C21H26O5. The second-order valence-corrected chi connectivity index (χ2v) is 6.09. The minimum Gasteiger partial charge on any atom is -0.467 e. The van der Waals surface area contributed by atoms with Gasteiger partial charge in [0.25, 0.3) is 0 Å². The van der Waals surface area contributed by atoms with Gasteiger partial charge in [-0.2, -0.15) is 0 Å². The molecule has 0 aliphatic carbocycles. The molecule has 1 unspecified atom stereocenters. The number of methoxy groups -OCH3 is 2. The van der Waals surface area contributed by atoms with Crippen LogP contribution < -0.4 is 4.74 Å². The summed E-state index contributed by atoms with van der Waals surface area (Å²) in [6.45, 7) is 0.0488. The molecule has 0 aliphatic heterocycles. The molecule has 0 aliphatic rings. The van der Waals surface area contributed by atoms with Gasteiger partial charge in [-0.1, -0.05) is 36.4 Å². The van der Waals surface area contributed by atoms with Gasteiger partial charge in [-0.25, -0.2) is 4.79 Å². The van der Waals surface area contributed by atoms with Gasteiger partial charge in [0.2, 0.25) is 0 Å². The molecule has 0 aromatic heterocycles. The summed E-state index contributed by atoms with van der Waals surface area (Å²) in [6, 6.07) is 15.5. The molecule has 0 spiro atoms. The number of aliphatic hydroxyl groups excluding tert-OH is 1. The van der Waals surface area contributed by atoms with Crippen LogP contribution in [0.25, 0.3) is 0 Å². The van der Waals surface area contributed by atoms with Crippen molar-refractivity contribution in [3.8, 4) is 5.75 Å². The zero-order valence-electron chi connectivity index (χ0n) is 15.3. The highest BCUT2D eigenvalue weighted by atomic mass is 16.7. The van der Waals surface area contributed by atoms with E-state index in [1.807, 2.05) is 24.3 Å². The van der Waals surface area contributed by atoms with Crippen molar-refractivity contribution in [2.24, 2.45) is 0 Å². The van der Waals surface area contributed by atoms with Crippen LogP contribution in [0.1, 0.15) is 34.3 Å². The van der Waals surface area contributed by atoms with E-state index >= 15 is 0 Å². The van der Waals surface area contributed by atoms with Gasteiger partial charge in [0.15, 0.2) is 6.79 Å². The monoisotopic (exact) mass is 358 g/mol. The Labute approximate surface area is 154 Å². The molecule has 0 bridgehead atoms. The highest BCUT2D eigenvalue weighted by molar-refractivity contribution is 5.92. The number of rotatable bonds is 10. The van der Waals surface area contributed by atoms with Crippen molar-refractivity contribution in [1.29, 1.82) is 0 Å². The highest BCUT2D eigenvalue weighted by Gasteiger charge is 2.14. The predicted molar refractivity (Wildman–Crippen MR) is 99.4 cm³/mol. The van der Waals surface area contributed by atoms with Crippen LogP contribution in [0.2, 0.25) is 0 Å². The number of esters is 1. The normalized spacial score (nSPS) is 11.8. The van der Waals surface area contributed by atoms with Gasteiger partial charge >= 0.3 is 5.97 Å². The van der Waals surface area contributed by atoms with Crippen LogP contribution in [-0.2, 0) is 22.3 Å². The van der Waals surface area contributed by atoms with E-state index in [0.29, 0.717) is 24.2 Å². The van der Waals surface area contributed by atoms with Gasteiger partial charge < -0.3 is 19.3 Å². The highest BCUT2D eigenvalue weighted by Crippen LogP contribution is 2.23. The van der Waals surface area contributed by atoms with Crippen LogP contribution in [0.4, 0.5) is 0 Å². The van der Waals surface area contributed by atoms with Crippen molar-refractivity contribution in [2.75, 3.05) is 21.0 Å². The number of aliphatic hydroxyl groups is 1. The maximum atomic E-state index is 11.8. The van der Waals surface area contributed by atoms with E-state index in [1.165, 1.54) is 19.8 Å². The first kappa shape index (κ1) is 19.9. The van der Waals surface area contributed by atoms with E-state index in [0.717, 1.165) is 18.4 Å². The maximum Gasteiger partial charge on any atom is 0.341 e. The lowest BCUT2D eigenvalue weighted by atomic mass is 10.00. The third-order valence-corrected chi connectivity index (χ3v) is 4.16. The lowest BCUT2D eigenvalue weighted by Crippen LogP contribution is -2.11. The molecule has 2 rings (SSSR count). The summed E-state index contributed by atoms with van der Waals surface area (Å²) in [7, 11) is 2.85. The van der Waals surface area contributed by atoms with E-state index < -0.39 is 5.97 Å². The predicted octanol–water partition coefficient (Wildman–Crippen LogP) is 3.38. The average Bonchev–Trinajstić information content (AvgIpc) is 2.69. The Morgan fingerprint density at radius 2 is 1.69 bits per heavy atom. The third kappa shape index (κ3) is 6.17. The fourth-order valence-electron chi connectivity index (χ4n) is 2.70. The summed E-state index contributed by atoms with van der Waals surface area (Å²) >= 11 is 0. The van der Waals surface area contributed by atoms with E-state index in [-0.39, 0.29) is 12.9 Å². The first-order chi connectivity index (χ1) is 12.6. The second-order valence-electron chi connectivity index (χ2n) is 6.09. The Morgan fingerprint density at radius 3 is 2.35 bits per heavy atom. The Kier molecular flexibility index (Phi) is 8.12. The molecule has 0 saturated carbocycles. The van der Waals surface area contributed by atoms with Gasteiger partial charge in [-0.3, -0.25) is 0 Å².